The molecule has 2 N–H and O–H groups in total. The van der Waals surface area contributed by atoms with Crippen LogP contribution in [-0.4, -0.2) is 11.8 Å². The van der Waals surface area contributed by atoms with E-state index >= 15 is 0 Å². The van der Waals surface area contributed by atoms with Crippen molar-refractivity contribution >= 4 is 5.78 Å². The van der Waals surface area contributed by atoms with Crippen molar-refractivity contribution in [1.82, 2.24) is 0 Å². The molecule has 82 valence electrons. The number of carbonyl (C=O) groups is 1. The number of carbonyl (C=O) groups excluding carboxylic acids is 1. The van der Waals surface area contributed by atoms with Crippen LogP contribution in [0, 0.1) is 11.6 Å². The van der Waals surface area contributed by atoms with Gasteiger partial charge in [-0.2, -0.15) is 0 Å². The highest BCUT2D eigenvalue weighted by atomic mass is 19.1. The summed E-state index contributed by atoms with van der Waals surface area (Å²) in [6.45, 7) is 1.75. The molecule has 0 fully saturated rings. The van der Waals surface area contributed by atoms with Gasteiger partial charge in [-0.05, 0) is 18.6 Å². The molecule has 0 radical (unpaired) electrons. The molecule has 1 unspecified atom stereocenters. The number of rotatable bonds is 4. The molecule has 0 aliphatic rings. The second-order valence-corrected chi connectivity index (χ2v) is 3.36. The molecular weight excluding hydrogens is 200 g/mol. The lowest BCUT2D eigenvalue weighted by atomic mass is 10.0. The van der Waals surface area contributed by atoms with Gasteiger partial charge in [0.05, 0.1) is 6.04 Å². The van der Waals surface area contributed by atoms with Gasteiger partial charge in [0.2, 0.25) is 0 Å². The predicted octanol–water partition coefficient (Wildman–Crippen LogP) is 1.81. The molecule has 1 aromatic carbocycles. The van der Waals surface area contributed by atoms with Crippen LogP contribution in [0.2, 0.25) is 0 Å². The lowest BCUT2D eigenvalue weighted by Crippen LogP contribution is -2.31. The molecule has 0 aliphatic carbocycles. The standard InChI is InChI=1S/C11H13F2NO/c1-2-10(14)11(15)6-7-8(12)4-3-5-9(7)13/h3-5,10H,2,6,14H2,1H3. The molecule has 0 heterocycles. The van der Waals surface area contributed by atoms with E-state index < -0.39 is 17.7 Å². The first-order chi connectivity index (χ1) is 7.06. The summed E-state index contributed by atoms with van der Waals surface area (Å²) in [7, 11) is 0. The summed E-state index contributed by atoms with van der Waals surface area (Å²) < 4.78 is 26.3. The van der Waals surface area contributed by atoms with E-state index in [9.17, 15) is 13.6 Å². The number of ketones is 1. The van der Waals surface area contributed by atoms with Gasteiger partial charge in [-0.3, -0.25) is 4.79 Å². The second kappa shape index (κ2) is 4.98. The maximum atomic E-state index is 13.1. The Bertz CT molecular complexity index is 345. The zero-order valence-corrected chi connectivity index (χ0v) is 8.47. The number of Topliss-reactive ketones (excluding diaryl/α,β-unsaturated/α-hetero) is 1. The number of benzene rings is 1. The maximum absolute atomic E-state index is 13.1. The largest absolute Gasteiger partial charge is 0.322 e. The summed E-state index contributed by atoms with van der Waals surface area (Å²) in [6, 6.07) is 2.87. The van der Waals surface area contributed by atoms with E-state index in [0.717, 1.165) is 12.1 Å². The molecule has 2 nitrogen and oxygen atoms in total. The Balaban J connectivity index is 2.85. The molecule has 1 atom stereocenters. The quantitative estimate of drug-likeness (QED) is 0.828. The van der Waals surface area contributed by atoms with Crippen LogP contribution < -0.4 is 5.73 Å². The van der Waals surface area contributed by atoms with Crippen molar-refractivity contribution in [2.75, 3.05) is 0 Å². The Hall–Kier alpha value is -1.29. The first-order valence-corrected chi connectivity index (χ1v) is 4.77. The maximum Gasteiger partial charge on any atom is 0.154 e. The SMILES string of the molecule is CCC(N)C(=O)Cc1c(F)cccc1F. The van der Waals surface area contributed by atoms with Gasteiger partial charge in [-0.1, -0.05) is 13.0 Å². The number of hydrogen-bond donors (Lipinski definition) is 1. The lowest BCUT2D eigenvalue weighted by molar-refractivity contribution is -0.119. The number of hydrogen-bond acceptors (Lipinski definition) is 2. The molecular formula is C11H13F2NO. The van der Waals surface area contributed by atoms with Gasteiger partial charge >= 0.3 is 0 Å². The van der Waals surface area contributed by atoms with Crippen LogP contribution in [0.5, 0.6) is 0 Å². The smallest absolute Gasteiger partial charge is 0.154 e. The van der Waals surface area contributed by atoms with E-state index in [0.29, 0.717) is 6.42 Å². The molecule has 0 aromatic heterocycles. The van der Waals surface area contributed by atoms with E-state index in [1.807, 2.05) is 0 Å². The molecule has 0 saturated heterocycles. The van der Waals surface area contributed by atoms with Crippen molar-refractivity contribution < 1.29 is 13.6 Å². The van der Waals surface area contributed by atoms with Crippen LogP contribution in [0.4, 0.5) is 8.78 Å². The average Bonchev–Trinajstić information content (AvgIpc) is 2.22. The third-order valence-electron chi connectivity index (χ3n) is 2.27. The molecule has 15 heavy (non-hydrogen) atoms. The third kappa shape index (κ3) is 2.83. The van der Waals surface area contributed by atoms with Crippen LogP contribution >= 0.6 is 0 Å². The summed E-state index contributed by atoms with van der Waals surface area (Å²) in [4.78, 5) is 11.4. The van der Waals surface area contributed by atoms with Crippen LogP contribution in [-0.2, 0) is 11.2 Å². The fourth-order valence-electron chi connectivity index (χ4n) is 1.23. The van der Waals surface area contributed by atoms with Gasteiger partial charge in [-0.25, -0.2) is 8.78 Å². The zero-order valence-electron chi connectivity index (χ0n) is 8.47. The van der Waals surface area contributed by atoms with Crippen LogP contribution in [0.3, 0.4) is 0 Å². The third-order valence-corrected chi connectivity index (χ3v) is 2.27. The van der Waals surface area contributed by atoms with Gasteiger partial charge in [-0.15, -0.1) is 0 Å². The minimum atomic E-state index is -0.702. The Kier molecular flexibility index (Phi) is 3.91. The lowest BCUT2D eigenvalue weighted by Gasteiger charge is -2.08. The summed E-state index contributed by atoms with van der Waals surface area (Å²) in [5, 5.41) is 0. The van der Waals surface area contributed by atoms with E-state index in [1.54, 1.807) is 6.92 Å². The van der Waals surface area contributed by atoms with Gasteiger partial charge in [0.1, 0.15) is 11.6 Å². The molecule has 0 bridgehead atoms. The first-order valence-electron chi connectivity index (χ1n) is 4.77. The number of nitrogens with two attached hydrogens (primary N) is 1. The molecule has 4 heteroatoms. The Morgan fingerprint density at radius 1 is 1.40 bits per heavy atom. The molecule has 0 amide bonds. The van der Waals surface area contributed by atoms with Crippen molar-refractivity contribution in [2.24, 2.45) is 5.73 Å². The Morgan fingerprint density at radius 3 is 2.40 bits per heavy atom. The van der Waals surface area contributed by atoms with Crippen molar-refractivity contribution in [1.29, 1.82) is 0 Å². The van der Waals surface area contributed by atoms with Crippen LogP contribution in [0.25, 0.3) is 0 Å². The molecule has 0 aliphatic heterocycles. The molecule has 1 rings (SSSR count). The van der Waals surface area contributed by atoms with E-state index in [1.165, 1.54) is 6.07 Å². The highest BCUT2D eigenvalue weighted by molar-refractivity contribution is 5.85. The summed E-state index contributed by atoms with van der Waals surface area (Å²) >= 11 is 0. The van der Waals surface area contributed by atoms with Crippen molar-refractivity contribution in [3.05, 3.63) is 35.4 Å². The van der Waals surface area contributed by atoms with Gasteiger partial charge in [0.15, 0.2) is 5.78 Å². The topological polar surface area (TPSA) is 43.1 Å². The molecule has 0 saturated carbocycles. The molecule has 1 aromatic rings. The summed E-state index contributed by atoms with van der Waals surface area (Å²) in [5.74, 6) is -1.75. The molecule has 0 spiro atoms. The van der Waals surface area contributed by atoms with E-state index in [2.05, 4.69) is 0 Å². The summed E-state index contributed by atoms with van der Waals surface area (Å²) in [6.07, 6.45) is 0.183. The summed E-state index contributed by atoms with van der Waals surface area (Å²) in [5.41, 5.74) is 5.27. The number of halogens is 2. The minimum absolute atomic E-state index is 0.202. The second-order valence-electron chi connectivity index (χ2n) is 3.36. The monoisotopic (exact) mass is 213 g/mol. The van der Waals surface area contributed by atoms with E-state index in [-0.39, 0.29) is 17.8 Å². The normalized spacial score (nSPS) is 12.5. The average molecular weight is 213 g/mol. The van der Waals surface area contributed by atoms with Crippen molar-refractivity contribution in [2.45, 2.75) is 25.8 Å². The fourth-order valence-corrected chi connectivity index (χ4v) is 1.23. The van der Waals surface area contributed by atoms with Crippen molar-refractivity contribution in [3.63, 3.8) is 0 Å². The van der Waals surface area contributed by atoms with Crippen molar-refractivity contribution in [3.8, 4) is 0 Å². The minimum Gasteiger partial charge on any atom is -0.322 e. The Labute approximate surface area is 87.1 Å². The van der Waals surface area contributed by atoms with E-state index in [4.69, 9.17) is 5.73 Å². The predicted molar refractivity (Wildman–Crippen MR) is 53.3 cm³/mol. The van der Waals surface area contributed by atoms with Gasteiger partial charge < -0.3 is 5.73 Å². The van der Waals surface area contributed by atoms with Gasteiger partial charge in [0.25, 0.3) is 0 Å². The highest BCUT2D eigenvalue weighted by Gasteiger charge is 2.16. The zero-order chi connectivity index (χ0) is 11.4. The highest BCUT2D eigenvalue weighted by Crippen LogP contribution is 2.13. The fraction of sp³-hybridized carbons (Fsp3) is 0.364. The van der Waals surface area contributed by atoms with Crippen LogP contribution in [0.1, 0.15) is 18.9 Å². The van der Waals surface area contributed by atoms with Gasteiger partial charge in [0, 0.05) is 12.0 Å². The Morgan fingerprint density at radius 2 is 1.93 bits per heavy atom. The first kappa shape index (κ1) is 11.8. The van der Waals surface area contributed by atoms with Crippen LogP contribution in [0.15, 0.2) is 18.2 Å².